The Kier molecular flexibility index (Phi) is 29.3. The summed E-state index contributed by atoms with van der Waals surface area (Å²) in [5.74, 6) is -1.77. The first-order valence-corrected chi connectivity index (χ1v) is 22.0. The second-order valence-corrected chi connectivity index (χ2v) is 15.7. The molecule has 55 heavy (non-hydrogen) atoms. The maximum atomic E-state index is 12.1. The highest BCUT2D eigenvalue weighted by Gasteiger charge is 2.29. The van der Waals surface area contributed by atoms with Crippen LogP contribution in [0.4, 0.5) is 0 Å². The van der Waals surface area contributed by atoms with Gasteiger partial charge in [0.05, 0.1) is 0 Å². The van der Waals surface area contributed by atoms with E-state index in [-0.39, 0.29) is 12.1 Å². The minimum Gasteiger partial charge on any atom is -0.459 e. The molecule has 1 aliphatic rings. The predicted molar refractivity (Wildman–Crippen MR) is 216 cm³/mol. The molecule has 0 amide bonds. The van der Waals surface area contributed by atoms with Gasteiger partial charge in [-0.2, -0.15) is 0 Å². The molecular weight excluding hydrogens is 700 g/mol. The average Bonchev–Trinajstić information content (AvgIpc) is 3.44. The Bertz CT molecular complexity index is 1100. The monoisotopic (exact) mass is 779 g/mol. The van der Waals surface area contributed by atoms with Gasteiger partial charge in [-0.15, -0.1) is 0 Å². The van der Waals surface area contributed by atoms with Gasteiger partial charge in [0.1, 0.15) is 30.5 Å². The molecule has 5 atom stereocenters. The van der Waals surface area contributed by atoms with Crippen molar-refractivity contribution in [1.29, 1.82) is 0 Å². The number of unbranched alkanes of at least 4 members (excludes halogenated alkanes) is 19. The Morgan fingerprint density at radius 2 is 0.764 bits per heavy atom. The van der Waals surface area contributed by atoms with Gasteiger partial charge in [0, 0.05) is 33.3 Å². The van der Waals surface area contributed by atoms with Gasteiger partial charge < -0.3 is 23.7 Å². The van der Waals surface area contributed by atoms with Crippen LogP contribution in [0.2, 0.25) is 0 Å². The van der Waals surface area contributed by atoms with E-state index in [1.54, 1.807) is 0 Å². The third-order valence-corrected chi connectivity index (χ3v) is 10.3. The molecule has 4 unspecified atom stereocenters. The zero-order chi connectivity index (χ0) is 40.7. The van der Waals surface area contributed by atoms with Crippen molar-refractivity contribution in [2.45, 2.75) is 245 Å². The Hall–Kier alpha value is -2.91. The van der Waals surface area contributed by atoms with Crippen molar-refractivity contribution < 1.29 is 47.7 Å². The van der Waals surface area contributed by atoms with Crippen molar-refractivity contribution in [2.24, 2.45) is 0 Å². The van der Waals surface area contributed by atoms with E-state index in [1.807, 2.05) is 13.0 Å². The topological polar surface area (TPSA) is 132 Å². The Morgan fingerprint density at radius 3 is 1.04 bits per heavy atom. The maximum Gasteiger partial charge on any atom is 0.334 e. The molecular formula is C45H78O10. The fourth-order valence-electron chi connectivity index (χ4n) is 7.55. The summed E-state index contributed by atoms with van der Waals surface area (Å²) in [6.45, 7) is 9.63. The molecule has 0 radical (unpaired) electrons. The van der Waals surface area contributed by atoms with Crippen LogP contribution in [-0.2, 0) is 47.7 Å². The zero-order valence-corrected chi connectivity index (χ0v) is 35.6. The predicted octanol–water partition coefficient (Wildman–Crippen LogP) is 11.1. The van der Waals surface area contributed by atoms with Gasteiger partial charge >= 0.3 is 29.8 Å². The first-order chi connectivity index (χ1) is 26.4. The average molecular weight is 779 g/mol. The van der Waals surface area contributed by atoms with E-state index in [4.69, 9.17) is 23.7 Å². The SMILES string of the molecule is CCCCCCCCCCCCC(OC(C)=O)C(CCCCC(OC(C)=O)C(CCCCCCCCCCCCC1=C[C@H](C)OC1=O)OC(C)=O)OC(C)=O. The summed E-state index contributed by atoms with van der Waals surface area (Å²) >= 11 is 0. The summed E-state index contributed by atoms with van der Waals surface area (Å²) in [6, 6.07) is 0. The zero-order valence-electron chi connectivity index (χ0n) is 35.6. The molecule has 0 aliphatic carbocycles. The van der Waals surface area contributed by atoms with Gasteiger partial charge in [-0.05, 0) is 77.2 Å². The van der Waals surface area contributed by atoms with Crippen LogP contribution in [0.25, 0.3) is 0 Å². The summed E-state index contributed by atoms with van der Waals surface area (Å²) in [5.41, 5.74) is 0.827. The standard InChI is InChI=1S/C45H78O10/c1-7-8-9-10-11-12-16-19-22-25-30-41(52-36(3)46)43(54-38(5)48)32-27-28-33-44(55-39(6)49)42(53-37(4)47)31-26-23-20-17-14-13-15-18-21-24-29-40-34-35(2)51-45(40)50/h34-35,41-44H,7-33H2,1-6H3/t35-,41?,42?,43?,44?/m0/s1. The molecule has 0 saturated heterocycles. The normalized spacial score (nSPS) is 16.1. The quantitative estimate of drug-likeness (QED) is 0.0348. The van der Waals surface area contributed by atoms with E-state index in [9.17, 15) is 24.0 Å². The highest BCUT2D eigenvalue weighted by molar-refractivity contribution is 5.90. The first-order valence-electron chi connectivity index (χ1n) is 22.0. The van der Waals surface area contributed by atoms with E-state index < -0.39 is 48.3 Å². The third-order valence-electron chi connectivity index (χ3n) is 10.3. The summed E-state index contributed by atoms with van der Waals surface area (Å²) in [6.07, 6.45) is 27.1. The van der Waals surface area contributed by atoms with E-state index >= 15 is 0 Å². The minimum atomic E-state index is -0.566. The number of esters is 5. The Balaban J connectivity index is 2.49. The van der Waals surface area contributed by atoms with Gasteiger partial charge in [0.2, 0.25) is 0 Å². The van der Waals surface area contributed by atoms with Gasteiger partial charge in [0.15, 0.2) is 0 Å². The van der Waals surface area contributed by atoms with Crippen LogP contribution in [0.3, 0.4) is 0 Å². The lowest BCUT2D eigenvalue weighted by Crippen LogP contribution is -2.35. The highest BCUT2D eigenvalue weighted by Crippen LogP contribution is 2.24. The van der Waals surface area contributed by atoms with Crippen LogP contribution in [0.15, 0.2) is 11.6 Å². The van der Waals surface area contributed by atoms with Crippen LogP contribution < -0.4 is 0 Å². The number of rotatable bonds is 35. The Labute approximate surface area is 333 Å². The number of cyclic esters (lactones) is 1. The van der Waals surface area contributed by atoms with Crippen LogP contribution in [0.5, 0.6) is 0 Å². The largest absolute Gasteiger partial charge is 0.459 e. The van der Waals surface area contributed by atoms with Crippen molar-refractivity contribution in [3.8, 4) is 0 Å². The number of hydrogen-bond donors (Lipinski definition) is 0. The van der Waals surface area contributed by atoms with Crippen molar-refractivity contribution in [2.75, 3.05) is 0 Å². The molecule has 0 saturated carbocycles. The summed E-state index contributed by atoms with van der Waals surface area (Å²) in [5, 5.41) is 0. The fourth-order valence-corrected chi connectivity index (χ4v) is 7.55. The molecule has 1 aliphatic heterocycles. The number of carbonyl (C=O) groups excluding carboxylic acids is 5. The molecule has 0 bridgehead atoms. The van der Waals surface area contributed by atoms with E-state index in [1.165, 1.54) is 98.3 Å². The van der Waals surface area contributed by atoms with Gasteiger partial charge in [-0.25, -0.2) is 4.79 Å². The summed E-state index contributed by atoms with van der Waals surface area (Å²) in [4.78, 5) is 59.9. The second-order valence-electron chi connectivity index (χ2n) is 15.7. The third kappa shape index (κ3) is 27.4. The second kappa shape index (κ2) is 32.2. The lowest BCUT2D eigenvalue weighted by atomic mass is 9.96. The lowest BCUT2D eigenvalue weighted by molar-refractivity contribution is -0.167. The van der Waals surface area contributed by atoms with Crippen LogP contribution >= 0.6 is 0 Å². The fraction of sp³-hybridized carbons (Fsp3) is 0.844. The highest BCUT2D eigenvalue weighted by atomic mass is 16.6. The first kappa shape index (κ1) is 50.1. The molecule has 0 aromatic heterocycles. The van der Waals surface area contributed by atoms with Crippen LogP contribution in [0.1, 0.15) is 215 Å². The molecule has 0 aromatic rings. The molecule has 1 heterocycles. The van der Waals surface area contributed by atoms with E-state index in [2.05, 4.69) is 6.92 Å². The van der Waals surface area contributed by atoms with Gasteiger partial charge in [0.25, 0.3) is 0 Å². The van der Waals surface area contributed by atoms with E-state index in [0.29, 0.717) is 38.5 Å². The van der Waals surface area contributed by atoms with Gasteiger partial charge in [-0.3, -0.25) is 19.2 Å². The molecule has 1 rings (SSSR count). The molecule has 10 nitrogen and oxygen atoms in total. The molecule has 0 aromatic carbocycles. The van der Waals surface area contributed by atoms with Crippen molar-refractivity contribution in [1.82, 2.24) is 0 Å². The molecule has 0 N–H and O–H groups in total. The van der Waals surface area contributed by atoms with Crippen LogP contribution in [0, 0.1) is 0 Å². The van der Waals surface area contributed by atoms with Crippen molar-refractivity contribution in [3.63, 3.8) is 0 Å². The maximum absolute atomic E-state index is 12.1. The summed E-state index contributed by atoms with van der Waals surface area (Å²) in [7, 11) is 0. The number of hydrogen-bond acceptors (Lipinski definition) is 10. The Morgan fingerprint density at radius 1 is 0.491 bits per heavy atom. The summed E-state index contributed by atoms with van der Waals surface area (Å²) < 4.78 is 27.9. The van der Waals surface area contributed by atoms with E-state index in [0.717, 1.165) is 69.8 Å². The number of carbonyl (C=O) groups is 5. The lowest BCUT2D eigenvalue weighted by Gasteiger charge is -2.28. The minimum absolute atomic E-state index is 0.0890. The van der Waals surface area contributed by atoms with Crippen molar-refractivity contribution in [3.05, 3.63) is 11.6 Å². The van der Waals surface area contributed by atoms with Gasteiger partial charge in [-0.1, -0.05) is 116 Å². The van der Waals surface area contributed by atoms with Crippen LogP contribution in [-0.4, -0.2) is 60.4 Å². The molecule has 0 spiro atoms. The number of ether oxygens (including phenoxy) is 5. The molecule has 10 heteroatoms. The van der Waals surface area contributed by atoms with Crippen molar-refractivity contribution >= 4 is 29.8 Å². The smallest absolute Gasteiger partial charge is 0.334 e. The molecule has 318 valence electrons. The molecule has 0 fully saturated rings.